The van der Waals surface area contributed by atoms with Crippen LogP contribution in [0.15, 0.2) is 29.2 Å². The Kier molecular flexibility index (Phi) is 6.66. The summed E-state index contributed by atoms with van der Waals surface area (Å²) in [5, 5.41) is 0. The number of nitrogens with two attached hydrogens (primary N) is 1. The topological polar surface area (TPSA) is 63.4 Å². The van der Waals surface area contributed by atoms with E-state index < -0.39 is 10.0 Å². The maximum absolute atomic E-state index is 12.5. The summed E-state index contributed by atoms with van der Waals surface area (Å²) in [6.45, 7) is 5.30. The molecule has 1 atom stereocenters. The van der Waals surface area contributed by atoms with Gasteiger partial charge in [-0.2, -0.15) is 4.31 Å². The number of halogens is 1. The first-order valence-corrected chi connectivity index (χ1v) is 8.68. The highest BCUT2D eigenvalue weighted by atomic mass is 35.5. The first-order chi connectivity index (χ1) is 9.39. The van der Waals surface area contributed by atoms with E-state index in [1.165, 1.54) is 9.87 Å². The van der Waals surface area contributed by atoms with Gasteiger partial charge in [-0.3, -0.25) is 0 Å². The van der Waals surface area contributed by atoms with E-state index in [4.69, 9.17) is 5.73 Å². The molecule has 0 saturated carbocycles. The molecule has 21 heavy (non-hydrogen) atoms. The van der Waals surface area contributed by atoms with Crippen molar-refractivity contribution in [1.29, 1.82) is 0 Å². The average Bonchev–Trinajstić information content (AvgIpc) is 2.38. The standard InChI is InChI=1S/C15H24N2O2S.ClH/c1-12(2)10-13-5-7-15(8-6-13)20(18,19)17-9-3-4-14(16)11-17;/h5-8,12,14H,3-4,9-11,16H2,1-2H3;1H. The minimum Gasteiger partial charge on any atom is -0.327 e. The van der Waals surface area contributed by atoms with Gasteiger partial charge in [0.1, 0.15) is 0 Å². The monoisotopic (exact) mass is 332 g/mol. The van der Waals surface area contributed by atoms with Crippen molar-refractivity contribution in [2.24, 2.45) is 11.7 Å². The fraction of sp³-hybridized carbons (Fsp3) is 0.600. The second-order valence-corrected chi connectivity index (χ2v) is 7.95. The summed E-state index contributed by atoms with van der Waals surface area (Å²) in [6, 6.07) is 7.21. The zero-order valence-corrected chi connectivity index (χ0v) is 14.3. The Morgan fingerprint density at radius 3 is 2.43 bits per heavy atom. The molecule has 0 bridgehead atoms. The van der Waals surface area contributed by atoms with E-state index in [2.05, 4.69) is 13.8 Å². The van der Waals surface area contributed by atoms with Gasteiger partial charge >= 0.3 is 0 Å². The lowest BCUT2D eigenvalue weighted by molar-refractivity contribution is 0.316. The van der Waals surface area contributed by atoms with Gasteiger partial charge in [-0.15, -0.1) is 12.4 Å². The summed E-state index contributed by atoms with van der Waals surface area (Å²) in [7, 11) is -3.39. The van der Waals surface area contributed by atoms with Crippen molar-refractivity contribution in [1.82, 2.24) is 4.31 Å². The summed E-state index contributed by atoms with van der Waals surface area (Å²) < 4.78 is 26.6. The van der Waals surface area contributed by atoms with Gasteiger partial charge in [0.15, 0.2) is 0 Å². The van der Waals surface area contributed by atoms with Gasteiger partial charge in [0, 0.05) is 19.1 Å². The Morgan fingerprint density at radius 1 is 1.29 bits per heavy atom. The molecule has 1 aliphatic heterocycles. The van der Waals surface area contributed by atoms with Crippen LogP contribution in [0.3, 0.4) is 0 Å². The van der Waals surface area contributed by atoms with Gasteiger partial charge in [-0.1, -0.05) is 26.0 Å². The maximum atomic E-state index is 12.5. The fourth-order valence-corrected chi connectivity index (χ4v) is 4.15. The Bertz CT molecular complexity index is 543. The van der Waals surface area contributed by atoms with Crippen molar-refractivity contribution in [3.8, 4) is 0 Å². The highest BCUT2D eigenvalue weighted by molar-refractivity contribution is 7.89. The molecule has 1 aliphatic rings. The number of sulfonamides is 1. The van der Waals surface area contributed by atoms with Crippen molar-refractivity contribution < 1.29 is 8.42 Å². The van der Waals surface area contributed by atoms with Crippen LogP contribution < -0.4 is 5.73 Å². The first kappa shape index (κ1) is 18.4. The van der Waals surface area contributed by atoms with Gasteiger partial charge in [0.05, 0.1) is 4.90 Å². The zero-order valence-electron chi connectivity index (χ0n) is 12.7. The van der Waals surface area contributed by atoms with E-state index >= 15 is 0 Å². The van der Waals surface area contributed by atoms with E-state index in [-0.39, 0.29) is 18.4 Å². The lowest BCUT2D eigenvalue weighted by atomic mass is 10.0. The molecule has 1 aromatic carbocycles. The number of hydrogen-bond acceptors (Lipinski definition) is 3. The molecular formula is C15H25ClN2O2S. The third kappa shape index (κ3) is 4.68. The summed E-state index contributed by atoms with van der Waals surface area (Å²) >= 11 is 0. The minimum absolute atomic E-state index is 0. The molecule has 1 heterocycles. The highest BCUT2D eigenvalue weighted by Gasteiger charge is 2.28. The van der Waals surface area contributed by atoms with Crippen LogP contribution in [-0.4, -0.2) is 31.9 Å². The quantitative estimate of drug-likeness (QED) is 0.921. The molecule has 2 N–H and O–H groups in total. The fourth-order valence-electron chi connectivity index (χ4n) is 2.61. The van der Waals surface area contributed by atoms with Crippen molar-refractivity contribution >= 4 is 22.4 Å². The molecule has 0 spiro atoms. The normalized spacial score (nSPS) is 20.3. The third-order valence-electron chi connectivity index (χ3n) is 3.63. The van der Waals surface area contributed by atoms with Crippen molar-refractivity contribution in [2.75, 3.05) is 13.1 Å². The molecule has 1 aromatic rings. The molecular weight excluding hydrogens is 308 g/mol. The summed E-state index contributed by atoms with van der Waals surface area (Å²) in [4.78, 5) is 0.374. The van der Waals surface area contributed by atoms with Crippen LogP contribution in [0.4, 0.5) is 0 Å². The van der Waals surface area contributed by atoms with Gasteiger partial charge in [-0.25, -0.2) is 8.42 Å². The minimum atomic E-state index is -3.39. The molecule has 0 radical (unpaired) electrons. The number of hydrogen-bond donors (Lipinski definition) is 1. The zero-order chi connectivity index (χ0) is 14.8. The average molecular weight is 333 g/mol. The van der Waals surface area contributed by atoms with Crippen LogP contribution in [-0.2, 0) is 16.4 Å². The van der Waals surface area contributed by atoms with Gasteiger partial charge in [-0.05, 0) is 42.9 Å². The van der Waals surface area contributed by atoms with E-state index in [0.717, 1.165) is 19.3 Å². The predicted octanol–water partition coefficient (Wildman–Crippen LogP) is 2.42. The third-order valence-corrected chi connectivity index (χ3v) is 5.51. The molecule has 6 heteroatoms. The van der Waals surface area contributed by atoms with E-state index in [1.54, 1.807) is 12.1 Å². The number of nitrogens with zero attached hydrogens (tertiary/aromatic N) is 1. The Labute approximate surface area is 134 Å². The van der Waals surface area contributed by atoms with Crippen LogP contribution in [0.5, 0.6) is 0 Å². The number of piperidine rings is 1. The molecule has 1 saturated heterocycles. The molecule has 0 aromatic heterocycles. The van der Waals surface area contributed by atoms with Gasteiger partial charge in [0.25, 0.3) is 0 Å². The molecule has 1 unspecified atom stereocenters. The van der Waals surface area contributed by atoms with Crippen LogP contribution in [0.2, 0.25) is 0 Å². The maximum Gasteiger partial charge on any atom is 0.243 e. The molecule has 120 valence electrons. The van der Waals surface area contributed by atoms with Crippen molar-refractivity contribution in [3.05, 3.63) is 29.8 Å². The Balaban J connectivity index is 0.00000220. The second-order valence-electron chi connectivity index (χ2n) is 6.01. The SMILES string of the molecule is CC(C)Cc1ccc(S(=O)(=O)N2CCCC(N)C2)cc1.Cl. The van der Waals surface area contributed by atoms with Crippen LogP contribution >= 0.6 is 12.4 Å². The van der Waals surface area contributed by atoms with E-state index in [1.807, 2.05) is 12.1 Å². The molecule has 0 aliphatic carbocycles. The largest absolute Gasteiger partial charge is 0.327 e. The molecule has 2 rings (SSSR count). The lowest BCUT2D eigenvalue weighted by Crippen LogP contribution is -2.45. The lowest BCUT2D eigenvalue weighted by Gasteiger charge is -2.29. The van der Waals surface area contributed by atoms with Crippen LogP contribution in [0.25, 0.3) is 0 Å². The van der Waals surface area contributed by atoms with Crippen molar-refractivity contribution in [3.63, 3.8) is 0 Å². The number of benzene rings is 1. The highest BCUT2D eigenvalue weighted by Crippen LogP contribution is 2.21. The smallest absolute Gasteiger partial charge is 0.243 e. The number of rotatable bonds is 4. The summed E-state index contributed by atoms with van der Waals surface area (Å²) in [6.07, 6.45) is 2.71. The van der Waals surface area contributed by atoms with Crippen molar-refractivity contribution in [2.45, 2.75) is 44.0 Å². The van der Waals surface area contributed by atoms with E-state index in [0.29, 0.717) is 23.9 Å². The van der Waals surface area contributed by atoms with Gasteiger partial charge in [0.2, 0.25) is 10.0 Å². The molecule has 1 fully saturated rings. The predicted molar refractivity (Wildman–Crippen MR) is 88.2 cm³/mol. The van der Waals surface area contributed by atoms with Crippen LogP contribution in [0.1, 0.15) is 32.3 Å². The van der Waals surface area contributed by atoms with Gasteiger partial charge < -0.3 is 5.73 Å². The van der Waals surface area contributed by atoms with E-state index in [9.17, 15) is 8.42 Å². The second kappa shape index (κ2) is 7.58. The summed E-state index contributed by atoms with van der Waals surface area (Å²) in [5.41, 5.74) is 7.05. The Morgan fingerprint density at radius 2 is 1.90 bits per heavy atom. The molecule has 0 amide bonds. The molecule has 4 nitrogen and oxygen atoms in total. The first-order valence-electron chi connectivity index (χ1n) is 7.24. The van der Waals surface area contributed by atoms with Crippen LogP contribution in [0, 0.1) is 5.92 Å². The Hall–Kier alpha value is -0.620. The summed E-state index contributed by atoms with van der Waals surface area (Å²) in [5.74, 6) is 0.567.